The first-order valence-corrected chi connectivity index (χ1v) is 14.0. The monoisotopic (exact) mass is 490 g/mol. The van der Waals surface area contributed by atoms with E-state index in [0.717, 1.165) is 31.4 Å². The fourth-order valence-corrected chi connectivity index (χ4v) is 4.49. The molecule has 2 atom stereocenters. The number of imidazole rings is 1. The third-order valence-electron chi connectivity index (χ3n) is 6.81. The quantitative estimate of drug-likeness (QED) is 0.105. The Morgan fingerprint density at radius 3 is 2.11 bits per heavy atom. The number of aryl methyl sites for hydroxylation is 1. The van der Waals surface area contributed by atoms with Crippen LogP contribution in [0, 0.1) is 11.8 Å². The number of aliphatic carboxylic acids is 1. The molecule has 35 heavy (non-hydrogen) atoms. The van der Waals surface area contributed by atoms with Crippen molar-refractivity contribution in [3.05, 3.63) is 30.4 Å². The van der Waals surface area contributed by atoms with E-state index in [2.05, 4.69) is 24.1 Å². The second kappa shape index (κ2) is 20.1. The van der Waals surface area contributed by atoms with E-state index in [-0.39, 0.29) is 18.5 Å². The number of nitrogens with zero attached hydrogens (tertiary/aromatic N) is 2. The summed E-state index contributed by atoms with van der Waals surface area (Å²) in [5, 5.41) is 9.59. The van der Waals surface area contributed by atoms with Gasteiger partial charge in [-0.25, -0.2) is 4.98 Å². The number of carboxylic acids is 1. The first kappa shape index (κ1) is 30.9. The molecule has 6 nitrogen and oxygen atoms in total. The molecular weight excluding hydrogens is 440 g/mol. The molecule has 6 heteroatoms. The topological polar surface area (TPSA) is 81.4 Å². The largest absolute Gasteiger partial charge is 0.481 e. The normalized spacial score (nSPS) is 13.2. The molecule has 0 fully saturated rings. The number of esters is 1. The van der Waals surface area contributed by atoms with E-state index in [1.165, 1.54) is 57.8 Å². The van der Waals surface area contributed by atoms with E-state index in [4.69, 9.17) is 4.74 Å². The number of hydrogen-bond acceptors (Lipinski definition) is 4. The summed E-state index contributed by atoms with van der Waals surface area (Å²) in [6.07, 6.45) is 25.4. The van der Waals surface area contributed by atoms with Crippen LogP contribution in [0.2, 0.25) is 0 Å². The minimum atomic E-state index is -0.840. The van der Waals surface area contributed by atoms with Gasteiger partial charge in [0, 0.05) is 31.3 Å². The van der Waals surface area contributed by atoms with Gasteiger partial charge in [0.05, 0.1) is 18.9 Å². The van der Waals surface area contributed by atoms with E-state index in [1.54, 1.807) is 12.5 Å². The lowest BCUT2D eigenvalue weighted by Crippen LogP contribution is -2.30. The first-order valence-electron chi connectivity index (χ1n) is 14.0. The lowest BCUT2D eigenvalue weighted by molar-refractivity contribution is -0.151. The van der Waals surface area contributed by atoms with Gasteiger partial charge in [-0.05, 0) is 44.9 Å². The van der Waals surface area contributed by atoms with Gasteiger partial charge in [-0.1, -0.05) is 77.4 Å². The van der Waals surface area contributed by atoms with Crippen molar-refractivity contribution in [3.8, 4) is 0 Å². The maximum absolute atomic E-state index is 12.2. The third-order valence-corrected chi connectivity index (χ3v) is 6.81. The highest BCUT2D eigenvalue weighted by Gasteiger charge is 2.28. The molecular formula is C29H50N2O4. The van der Waals surface area contributed by atoms with E-state index in [1.807, 2.05) is 18.5 Å². The lowest BCUT2D eigenvalue weighted by Gasteiger charge is -2.23. The highest BCUT2D eigenvalue weighted by molar-refractivity contribution is 5.71. The lowest BCUT2D eigenvalue weighted by atomic mass is 9.87. The zero-order valence-corrected chi connectivity index (χ0v) is 22.6. The average molecular weight is 491 g/mol. The van der Waals surface area contributed by atoms with Crippen LogP contribution in [0.3, 0.4) is 0 Å². The van der Waals surface area contributed by atoms with Crippen LogP contribution in [0.4, 0.5) is 0 Å². The third kappa shape index (κ3) is 14.8. The fourth-order valence-electron chi connectivity index (χ4n) is 4.49. The molecule has 0 aliphatic rings. The Hall–Kier alpha value is -2.11. The van der Waals surface area contributed by atoms with Crippen LogP contribution in [-0.4, -0.2) is 33.2 Å². The second-order valence-corrected chi connectivity index (χ2v) is 9.83. The maximum atomic E-state index is 12.2. The molecule has 1 rings (SSSR count). The standard InChI is InChI=1S/C29H50N2O4/c1-4-6-7-8-9-10-11-12-13-14-15-16-17-18-19-20-28(32)35-23-25(27(5-2)29(33)34)21-26-22-30-24-31(26)3/h12-13,22,24-25,27H,4-11,14-21,23H2,1-3H3,(H,33,34)/b13-12-. The van der Waals surface area contributed by atoms with Crippen LogP contribution < -0.4 is 0 Å². The molecule has 1 aromatic rings. The van der Waals surface area contributed by atoms with Gasteiger partial charge in [-0.3, -0.25) is 9.59 Å². The summed E-state index contributed by atoms with van der Waals surface area (Å²) in [5.41, 5.74) is 0.947. The molecule has 0 amide bonds. The number of carbonyl (C=O) groups is 2. The van der Waals surface area contributed by atoms with Crippen molar-refractivity contribution in [1.29, 1.82) is 0 Å². The molecule has 0 aliphatic heterocycles. The first-order chi connectivity index (χ1) is 17.0. The van der Waals surface area contributed by atoms with Crippen LogP contribution in [0.5, 0.6) is 0 Å². The Bertz CT molecular complexity index is 713. The van der Waals surface area contributed by atoms with E-state index < -0.39 is 11.9 Å². The van der Waals surface area contributed by atoms with Gasteiger partial charge in [0.15, 0.2) is 0 Å². The van der Waals surface area contributed by atoms with Crippen molar-refractivity contribution in [2.45, 2.75) is 117 Å². The van der Waals surface area contributed by atoms with Gasteiger partial charge >= 0.3 is 11.9 Å². The van der Waals surface area contributed by atoms with Gasteiger partial charge in [-0.15, -0.1) is 0 Å². The number of aromatic nitrogens is 2. The van der Waals surface area contributed by atoms with Gasteiger partial charge < -0.3 is 14.4 Å². The van der Waals surface area contributed by atoms with Crippen molar-refractivity contribution in [2.75, 3.05) is 6.61 Å². The summed E-state index contributed by atoms with van der Waals surface area (Å²) in [7, 11) is 1.89. The number of ether oxygens (including phenoxy) is 1. The second-order valence-electron chi connectivity index (χ2n) is 9.83. The minimum absolute atomic E-state index is 0.139. The highest BCUT2D eigenvalue weighted by Crippen LogP contribution is 2.22. The number of hydrogen-bond donors (Lipinski definition) is 1. The Morgan fingerprint density at radius 2 is 1.57 bits per heavy atom. The Kier molecular flexibility index (Phi) is 17.8. The molecule has 2 unspecified atom stereocenters. The van der Waals surface area contributed by atoms with Crippen molar-refractivity contribution in [2.24, 2.45) is 18.9 Å². The molecule has 0 saturated heterocycles. The van der Waals surface area contributed by atoms with Gasteiger partial charge in [0.1, 0.15) is 0 Å². The zero-order valence-electron chi connectivity index (χ0n) is 22.6. The molecule has 1 aromatic heterocycles. The minimum Gasteiger partial charge on any atom is -0.481 e. The predicted octanol–water partition coefficient (Wildman–Crippen LogP) is 7.27. The van der Waals surface area contributed by atoms with Crippen LogP contribution >= 0.6 is 0 Å². The van der Waals surface area contributed by atoms with Crippen molar-refractivity contribution < 1.29 is 19.4 Å². The van der Waals surface area contributed by atoms with Crippen LogP contribution in [0.15, 0.2) is 24.7 Å². The summed E-state index contributed by atoms with van der Waals surface area (Å²) < 4.78 is 7.39. The molecule has 0 radical (unpaired) electrons. The SMILES string of the molecule is CCCCCCCC/C=C\CCCCCCCC(=O)OCC(Cc1cncn1C)C(CC)C(=O)O. The van der Waals surface area contributed by atoms with E-state index in [9.17, 15) is 14.7 Å². The van der Waals surface area contributed by atoms with Gasteiger partial charge in [0.25, 0.3) is 0 Å². The summed E-state index contributed by atoms with van der Waals surface area (Å²) >= 11 is 0. The summed E-state index contributed by atoms with van der Waals surface area (Å²) in [6, 6.07) is 0. The molecule has 0 spiro atoms. The van der Waals surface area contributed by atoms with E-state index >= 15 is 0 Å². The van der Waals surface area contributed by atoms with E-state index in [0.29, 0.717) is 19.3 Å². The summed E-state index contributed by atoms with van der Waals surface area (Å²) in [5.74, 6) is -1.87. The number of allylic oxidation sites excluding steroid dienone is 2. The molecule has 0 bridgehead atoms. The number of rotatable bonds is 22. The number of unbranched alkanes of at least 4 members (excludes halogenated alkanes) is 11. The number of carboxylic acid groups (broad SMARTS) is 1. The Balaban J connectivity index is 2.13. The Labute approximate surface area is 213 Å². The van der Waals surface area contributed by atoms with Crippen LogP contribution in [0.25, 0.3) is 0 Å². The highest BCUT2D eigenvalue weighted by atomic mass is 16.5. The summed E-state index contributed by atoms with van der Waals surface area (Å²) in [4.78, 5) is 28.0. The van der Waals surface area contributed by atoms with Crippen molar-refractivity contribution in [3.63, 3.8) is 0 Å². The molecule has 1 heterocycles. The Morgan fingerprint density at radius 1 is 0.971 bits per heavy atom. The summed E-state index contributed by atoms with van der Waals surface area (Å²) in [6.45, 7) is 4.26. The molecule has 200 valence electrons. The van der Waals surface area contributed by atoms with Gasteiger partial charge in [-0.2, -0.15) is 0 Å². The molecule has 0 saturated carbocycles. The number of carbonyl (C=O) groups excluding carboxylic acids is 1. The van der Waals surface area contributed by atoms with Crippen molar-refractivity contribution >= 4 is 11.9 Å². The molecule has 0 aliphatic carbocycles. The molecule has 1 N–H and O–H groups in total. The average Bonchev–Trinajstić information content (AvgIpc) is 3.24. The molecule has 0 aromatic carbocycles. The van der Waals surface area contributed by atoms with Crippen LogP contribution in [0.1, 0.15) is 116 Å². The van der Waals surface area contributed by atoms with Crippen molar-refractivity contribution in [1.82, 2.24) is 9.55 Å². The zero-order chi connectivity index (χ0) is 25.7. The predicted molar refractivity (Wildman–Crippen MR) is 142 cm³/mol. The van der Waals surface area contributed by atoms with Gasteiger partial charge in [0.2, 0.25) is 0 Å². The fraction of sp³-hybridized carbons (Fsp3) is 0.759. The van der Waals surface area contributed by atoms with Crippen LogP contribution in [-0.2, 0) is 27.8 Å². The maximum Gasteiger partial charge on any atom is 0.306 e. The smallest absolute Gasteiger partial charge is 0.306 e.